The number of piperidine rings is 1. The highest BCUT2D eigenvalue weighted by atomic mass is 16.2. The molecule has 3 nitrogen and oxygen atoms in total. The molecule has 2 unspecified atom stereocenters. The van der Waals surface area contributed by atoms with Crippen molar-refractivity contribution < 1.29 is 4.79 Å². The lowest BCUT2D eigenvalue weighted by atomic mass is 9.96. The first-order valence-electron chi connectivity index (χ1n) is 7.18. The van der Waals surface area contributed by atoms with E-state index in [-0.39, 0.29) is 5.92 Å². The second-order valence-corrected chi connectivity index (χ2v) is 5.95. The normalized spacial score (nSPS) is 31.9. The van der Waals surface area contributed by atoms with Crippen molar-refractivity contribution in [2.45, 2.75) is 71.0 Å². The maximum atomic E-state index is 12.3. The molecule has 0 radical (unpaired) electrons. The molecule has 1 amide bonds. The molecule has 2 heterocycles. The summed E-state index contributed by atoms with van der Waals surface area (Å²) in [5.74, 6) is 0.479. The average molecular weight is 238 g/mol. The predicted molar refractivity (Wildman–Crippen MR) is 69.8 cm³/mol. The monoisotopic (exact) mass is 238 g/mol. The van der Waals surface area contributed by atoms with E-state index in [4.69, 9.17) is 0 Å². The molecule has 2 saturated heterocycles. The van der Waals surface area contributed by atoms with Gasteiger partial charge in [0.25, 0.3) is 0 Å². The van der Waals surface area contributed by atoms with Crippen molar-refractivity contribution in [1.29, 1.82) is 0 Å². The van der Waals surface area contributed by atoms with E-state index >= 15 is 0 Å². The molecule has 0 saturated carbocycles. The van der Waals surface area contributed by atoms with Gasteiger partial charge in [-0.25, -0.2) is 0 Å². The van der Waals surface area contributed by atoms with Crippen LogP contribution in [0.1, 0.15) is 52.9 Å². The lowest BCUT2D eigenvalue weighted by molar-refractivity contribution is -0.137. The quantitative estimate of drug-likeness (QED) is 0.814. The fourth-order valence-corrected chi connectivity index (χ4v) is 3.33. The molecule has 2 fully saturated rings. The van der Waals surface area contributed by atoms with Gasteiger partial charge in [0.2, 0.25) is 5.91 Å². The van der Waals surface area contributed by atoms with Crippen molar-refractivity contribution in [1.82, 2.24) is 10.2 Å². The van der Waals surface area contributed by atoms with Gasteiger partial charge in [-0.1, -0.05) is 20.8 Å². The minimum absolute atomic E-state index is 0.133. The maximum absolute atomic E-state index is 12.3. The van der Waals surface area contributed by atoms with Crippen LogP contribution in [0.2, 0.25) is 0 Å². The van der Waals surface area contributed by atoms with Crippen LogP contribution in [-0.2, 0) is 4.79 Å². The Labute approximate surface area is 105 Å². The number of amides is 1. The Bertz CT molecular complexity index is 265. The number of fused-ring (bicyclic) bond motifs is 2. The van der Waals surface area contributed by atoms with Gasteiger partial charge in [-0.15, -0.1) is 0 Å². The van der Waals surface area contributed by atoms with Crippen LogP contribution in [0.25, 0.3) is 0 Å². The number of nitrogens with one attached hydrogen (secondary N) is 1. The van der Waals surface area contributed by atoms with Gasteiger partial charge in [-0.2, -0.15) is 0 Å². The molecular weight excluding hydrogens is 212 g/mol. The molecule has 3 heteroatoms. The van der Waals surface area contributed by atoms with E-state index in [9.17, 15) is 4.79 Å². The summed E-state index contributed by atoms with van der Waals surface area (Å²) in [5.41, 5.74) is 0. The van der Waals surface area contributed by atoms with Crippen molar-refractivity contribution >= 4 is 5.91 Å². The summed E-state index contributed by atoms with van der Waals surface area (Å²) >= 11 is 0. The molecule has 2 rings (SSSR count). The highest BCUT2D eigenvalue weighted by molar-refractivity contribution is 5.78. The number of carbonyl (C=O) groups is 1. The molecule has 98 valence electrons. The zero-order chi connectivity index (χ0) is 12.4. The van der Waals surface area contributed by atoms with Crippen LogP contribution in [0.4, 0.5) is 0 Å². The minimum atomic E-state index is 0.133. The van der Waals surface area contributed by atoms with Gasteiger partial charge in [0.05, 0.1) is 0 Å². The summed E-state index contributed by atoms with van der Waals surface area (Å²) in [6, 6.07) is 1.82. The fourth-order valence-electron chi connectivity index (χ4n) is 3.33. The van der Waals surface area contributed by atoms with Crippen LogP contribution >= 0.6 is 0 Å². The third kappa shape index (κ3) is 2.82. The van der Waals surface area contributed by atoms with Crippen molar-refractivity contribution in [3.8, 4) is 0 Å². The molecule has 2 aliphatic rings. The molecule has 0 aromatic carbocycles. The predicted octanol–water partition coefficient (Wildman–Crippen LogP) is 2.16. The third-order valence-electron chi connectivity index (χ3n) is 4.13. The first kappa shape index (κ1) is 12.9. The Morgan fingerprint density at radius 2 is 1.88 bits per heavy atom. The summed E-state index contributed by atoms with van der Waals surface area (Å²) in [4.78, 5) is 14.4. The fraction of sp³-hybridized carbons (Fsp3) is 0.929. The van der Waals surface area contributed by atoms with Crippen LogP contribution in [0.5, 0.6) is 0 Å². The van der Waals surface area contributed by atoms with E-state index in [1.807, 2.05) is 13.8 Å². The second kappa shape index (κ2) is 5.38. The SMILES string of the molecule is CCCN(C(=O)C(C)C)C1CC2CCC(C1)N2. The number of nitrogens with zero attached hydrogens (tertiary/aromatic N) is 1. The third-order valence-corrected chi connectivity index (χ3v) is 4.13. The topological polar surface area (TPSA) is 32.3 Å². The molecule has 0 aromatic rings. The summed E-state index contributed by atoms with van der Waals surface area (Å²) in [5, 5.41) is 3.65. The molecule has 2 aliphatic heterocycles. The van der Waals surface area contributed by atoms with Crippen LogP contribution in [-0.4, -0.2) is 35.5 Å². The van der Waals surface area contributed by atoms with Gasteiger partial charge in [-0.05, 0) is 32.1 Å². The molecule has 0 aromatic heterocycles. The van der Waals surface area contributed by atoms with E-state index < -0.39 is 0 Å². The van der Waals surface area contributed by atoms with Crippen LogP contribution in [0.15, 0.2) is 0 Å². The number of carbonyl (C=O) groups excluding carboxylic acids is 1. The second-order valence-electron chi connectivity index (χ2n) is 5.95. The van der Waals surface area contributed by atoms with E-state index in [1.54, 1.807) is 0 Å². The zero-order valence-corrected chi connectivity index (χ0v) is 11.4. The lowest BCUT2D eigenvalue weighted by Gasteiger charge is -2.38. The largest absolute Gasteiger partial charge is 0.339 e. The Balaban J connectivity index is 2.03. The number of hydrogen-bond acceptors (Lipinski definition) is 2. The Kier molecular flexibility index (Phi) is 4.08. The van der Waals surface area contributed by atoms with E-state index in [0.717, 1.165) is 25.8 Å². The molecule has 17 heavy (non-hydrogen) atoms. The Hall–Kier alpha value is -0.570. The molecule has 0 aliphatic carbocycles. The van der Waals surface area contributed by atoms with E-state index in [2.05, 4.69) is 17.1 Å². The maximum Gasteiger partial charge on any atom is 0.225 e. The summed E-state index contributed by atoms with van der Waals surface area (Å²) in [6.07, 6.45) is 6.00. The van der Waals surface area contributed by atoms with Gasteiger partial charge in [0.1, 0.15) is 0 Å². The standard InChI is InChI=1S/C14H26N2O/c1-4-7-16(14(17)10(2)3)13-8-11-5-6-12(9-13)15-11/h10-13,15H,4-9H2,1-3H3. The van der Waals surface area contributed by atoms with E-state index in [1.165, 1.54) is 12.8 Å². The molecular formula is C14H26N2O. The van der Waals surface area contributed by atoms with Gasteiger partial charge in [0.15, 0.2) is 0 Å². The summed E-state index contributed by atoms with van der Waals surface area (Å²) in [6.45, 7) is 7.12. The first-order valence-corrected chi connectivity index (χ1v) is 7.18. The number of rotatable bonds is 4. The molecule has 2 bridgehead atoms. The van der Waals surface area contributed by atoms with Gasteiger partial charge < -0.3 is 10.2 Å². The summed E-state index contributed by atoms with van der Waals surface area (Å²) < 4.78 is 0. The van der Waals surface area contributed by atoms with Gasteiger partial charge >= 0.3 is 0 Å². The van der Waals surface area contributed by atoms with Gasteiger partial charge in [-0.3, -0.25) is 4.79 Å². The molecule has 0 spiro atoms. The van der Waals surface area contributed by atoms with Crippen LogP contribution in [0.3, 0.4) is 0 Å². The smallest absolute Gasteiger partial charge is 0.225 e. The average Bonchev–Trinajstić information content (AvgIpc) is 2.64. The summed E-state index contributed by atoms with van der Waals surface area (Å²) in [7, 11) is 0. The van der Waals surface area contributed by atoms with Gasteiger partial charge in [0, 0.05) is 30.6 Å². The molecule has 2 atom stereocenters. The number of hydrogen-bond donors (Lipinski definition) is 1. The Morgan fingerprint density at radius 1 is 1.29 bits per heavy atom. The van der Waals surface area contributed by atoms with E-state index in [0.29, 0.717) is 24.0 Å². The van der Waals surface area contributed by atoms with Crippen molar-refractivity contribution in [3.05, 3.63) is 0 Å². The van der Waals surface area contributed by atoms with Crippen LogP contribution < -0.4 is 5.32 Å². The highest BCUT2D eigenvalue weighted by Crippen LogP contribution is 2.30. The zero-order valence-electron chi connectivity index (χ0n) is 11.4. The van der Waals surface area contributed by atoms with Crippen molar-refractivity contribution in [3.63, 3.8) is 0 Å². The van der Waals surface area contributed by atoms with Crippen molar-refractivity contribution in [2.24, 2.45) is 5.92 Å². The van der Waals surface area contributed by atoms with Crippen molar-refractivity contribution in [2.75, 3.05) is 6.54 Å². The van der Waals surface area contributed by atoms with Crippen LogP contribution in [0, 0.1) is 5.92 Å². The first-order chi connectivity index (χ1) is 8.11. The molecule has 1 N–H and O–H groups in total. The minimum Gasteiger partial charge on any atom is -0.339 e. The highest BCUT2D eigenvalue weighted by Gasteiger charge is 2.37. The Morgan fingerprint density at radius 3 is 2.35 bits per heavy atom. The lowest BCUT2D eigenvalue weighted by Crippen LogP contribution is -2.51.